The van der Waals surface area contributed by atoms with E-state index in [1.807, 2.05) is 6.92 Å². The topological polar surface area (TPSA) is 43.4 Å². The van der Waals surface area contributed by atoms with Gasteiger partial charge in [0.25, 0.3) is 0 Å². The lowest BCUT2D eigenvalue weighted by Crippen LogP contribution is -2.10. The van der Waals surface area contributed by atoms with Gasteiger partial charge in [-0.15, -0.1) is 0 Å². The van der Waals surface area contributed by atoms with E-state index in [9.17, 15) is 17.2 Å². The van der Waals surface area contributed by atoms with E-state index >= 15 is 0 Å². The van der Waals surface area contributed by atoms with E-state index in [-0.39, 0.29) is 16.0 Å². The summed E-state index contributed by atoms with van der Waals surface area (Å²) in [4.78, 5) is -0.0734. The second kappa shape index (κ2) is 6.64. The predicted molar refractivity (Wildman–Crippen MR) is 90.8 cm³/mol. The summed E-state index contributed by atoms with van der Waals surface area (Å²) in [6, 6.07) is 15.5. The van der Waals surface area contributed by atoms with Gasteiger partial charge in [0.2, 0.25) is 0 Å². The van der Waals surface area contributed by atoms with Crippen LogP contribution < -0.4 is 4.18 Å². The van der Waals surface area contributed by atoms with Gasteiger partial charge < -0.3 is 4.18 Å². The van der Waals surface area contributed by atoms with Crippen LogP contribution in [0.3, 0.4) is 0 Å². The third kappa shape index (κ3) is 3.69. The van der Waals surface area contributed by atoms with Gasteiger partial charge in [0.1, 0.15) is 10.7 Å². The molecule has 0 atom stereocenters. The van der Waals surface area contributed by atoms with Crippen molar-refractivity contribution in [1.29, 1.82) is 0 Å². The zero-order valence-electron chi connectivity index (χ0n) is 13.2. The molecule has 0 bridgehead atoms. The van der Waals surface area contributed by atoms with Gasteiger partial charge >= 0.3 is 10.1 Å². The average Bonchev–Trinajstić information content (AvgIpc) is 2.57. The Morgan fingerprint density at radius 3 is 2.16 bits per heavy atom. The third-order valence-corrected chi connectivity index (χ3v) is 4.87. The van der Waals surface area contributed by atoms with Gasteiger partial charge in [-0.2, -0.15) is 8.42 Å². The lowest BCUT2D eigenvalue weighted by Gasteiger charge is -2.10. The molecule has 0 amide bonds. The van der Waals surface area contributed by atoms with Crippen LogP contribution in [0.4, 0.5) is 8.78 Å². The summed E-state index contributed by atoms with van der Waals surface area (Å²) in [5, 5.41) is 0. The summed E-state index contributed by atoms with van der Waals surface area (Å²) < 4.78 is 57.4. The summed E-state index contributed by atoms with van der Waals surface area (Å²) in [5.41, 5.74) is 1.39. The molecule has 0 heterocycles. The van der Waals surface area contributed by atoms with Crippen LogP contribution in [0.15, 0.2) is 71.6 Å². The SMILES string of the molecule is Cc1ccc(S(=O)(=O)Oc2ccc(-c3ccccc3F)cc2F)cc1. The molecule has 6 heteroatoms. The van der Waals surface area contributed by atoms with Gasteiger partial charge in [0.15, 0.2) is 11.6 Å². The molecular weight excluding hydrogens is 346 g/mol. The summed E-state index contributed by atoms with van der Waals surface area (Å²) in [6.45, 7) is 1.82. The van der Waals surface area contributed by atoms with Crippen LogP contribution in [-0.2, 0) is 10.1 Å². The van der Waals surface area contributed by atoms with Crippen molar-refractivity contribution < 1.29 is 21.4 Å². The maximum absolute atomic E-state index is 14.3. The van der Waals surface area contributed by atoms with Gasteiger partial charge in [0.05, 0.1) is 0 Å². The second-order valence-electron chi connectivity index (χ2n) is 5.48. The highest BCUT2D eigenvalue weighted by Crippen LogP contribution is 2.29. The molecule has 3 aromatic carbocycles. The predicted octanol–water partition coefficient (Wildman–Crippen LogP) is 4.71. The minimum atomic E-state index is -4.15. The molecule has 3 aromatic rings. The number of benzene rings is 3. The maximum atomic E-state index is 14.3. The molecule has 0 unspecified atom stereocenters. The summed E-state index contributed by atoms with van der Waals surface area (Å²) in [5.74, 6) is -1.83. The highest BCUT2D eigenvalue weighted by molar-refractivity contribution is 7.87. The molecule has 0 saturated carbocycles. The van der Waals surface area contributed by atoms with Crippen LogP contribution in [0.1, 0.15) is 5.56 Å². The molecule has 0 radical (unpaired) electrons. The summed E-state index contributed by atoms with van der Waals surface area (Å²) in [6.07, 6.45) is 0. The molecule has 3 nitrogen and oxygen atoms in total. The van der Waals surface area contributed by atoms with Gasteiger partial charge in [-0.3, -0.25) is 0 Å². The van der Waals surface area contributed by atoms with E-state index in [1.54, 1.807) is 18.2 Å². The fourth-order valence-corrected chi connectivity index (χ4v) is 3.24. The number of hydrogen-bond acceptors (Lipinski definition) is 3. The minimum Gasteiger partial charge on any atom is -0.376 e. The number of aryl methyl sites for hydroxylation is 1. The Bertz CT molecular complexity index is 1010. The van der Waals surface area contributed by atoms with Gasteiger partial charge in [-0.25, -0.2) is 8.78 Å². The van der Waals surface area contributed by atoms with Crippen molar-refractivity contribution in [2.45, 2.75) is 11.8 Å². The minimum absolute atomic E-state index is 0.0734. The first kappa shape index (κ1) is 17.1. The Morgan fingerprint density at radius 2 is 1.52 bits per heavy atom. The van der Waals surface area contributed by atoms with Crippen molar-refractivity contribution in [3.63, 3.8) is 0 Å². The molecule has 0 spiro atoms. The first-order chi connectivity index (χ1) is 11.9. The fraction of sp³-hybridized carbons (Fsp3) is 0.0526. The lowest BCUT2D eigenvalue weighted by atomic mass is 10.1. The quantitative estimate of drug-likeness (QED) is 0.633. The molecule has 3 rings (SSSR count). The fourth-order valence-electron chi connectivity index (χ4n) is 2.30. The molecule has 0 N–H and O–H groups in total. The Labute approximate surface area is 144 Å². The molecule has 25 heavy (non-hydrogen) atoms. The van der Waals surface area contributed by atoms with E-state index in [4.69, 9.17) is 4.18 Å². The van der Waals surface area contributed by atoms with Crippen LogP contribution in [0.25, 0.3) is 11.1 Å². The van der Waals surface area contributed by atoms with Crippen molar-refractivity contribution in [2.24, 2.45) is 0 Å². The van der Waals surface area contributed by atoms with Crippen LogP contribution in [-0.4, -0.2) is 8.42 Å². The highest BCUT2D eigenvalue weighted by atomic mass is 32.2. The van der Waals surface area contributed by atoms with Crippen LogP contribution in [0, 0.1) is 18.6 Å². The highest BCUT2D eigenvalue weighted by Gasteiger charge is 2.19. The van der Waals surface area contributed by atoms with Crippen LogP contribution in [0.2, 0.25) is 0 Å². The molecule has 0 fully saturated rings. The second-order valence-corrected chi connectivity index (χ2v) is 7.02. The molecule has 0 saturated heterocycles. The van der Waals surface area contributed by atoms with E-state index in [0.717, 1.165) is 11.6 Å². The largest absolute Gasteiger partial charge is 0.376 e. The van der Waals surface area contributed by atoms with Crippen LogP contribution in [0.5, 0.6) is 5.75 Å². The van der Waals surface area contributed by atoms with Crippen molar-refractivity contribution >= 4 is 10.1 Å². The first-order valence-corrected chi connectivity index (χ1v) is 8.83. The average molecular weight is 360 g/mol. The summed E-state index contributed by atoms with van der Waals surface area (Å²) >= 11 is 0. The Morgan fingerprint density at radius 1 is 0.840 bits per heavy atom. The maximum Gasteiger partial charge on any atom is 0.339 e. The smallest absolute Gasteiger partial charge is 0.339 e. The van der Waals surface area contributed by atoms with Gasteiger partial charge in [0, 0.05) is 5.56 Å². The van der Waals surface area contributed by atoms with Gasteiger partial charge in [-0.1, -0.05) is 42.0 Å². The third-order valence-electron chi connectivity index (χ3n) is 3.63. The molecule has 0 aliphatic heterocycles. The van der Waals surface area contributed by atoms with Crippen molar-refractivity contribution in [1.82, 2.24) is 0 Å². The normalized spacial score (nSPS) is 11.3. The molecule has 128 valence electrons. The summed E-state index contributed by atoms with van der Waals surface area (Å²) in [7, 11) is -4.15. The van der Waals surface area contributed by atoms with Crippen LogP contribution >= 0.6 is 0 Å². The molecule has 0 aromatic heterocycles. The zero-order valence-corrected chi connectivity index (χ0v) is 14.1. The Balaban J connectivity index is 1.91. The number of halogens is 2. The van der Waals surface area contributed by atoms with E-state index < -0.39 is 27.5 Å². The molecule has 0 aliphatic carbocycles. The monoisotopic (exact) mass is 360 g/mol. The molecular formula is C19H14F2O3S. The Kier molecular flexibility index (Phi) is 4.55. The van der Waals surface area contributed by atoms with Gasteiger partial charge in [-0.05, 0) is 42.8 Å². The van der Waals surface area contributed by atoms with Crippen molar-refractivity contribution in [3.05, 3.63) is 83.9 Å². The number of hydrogen-bond donors (Lipinski definition) is 0. The van der Waals surface area contributed by atoms with E-state index in [1.165, 1.54) is 42.5 Å². The lowest BCUT2D eigenvalue weighted by molar-refractivity contribution is 0.461. The first-order valence-electron chi connectivity index (χ1n) is 7.42. The molecule has 0 aliphatic rings. The van der Waals surface area contributed by atoms with E-state index in [2.05, 4.69) is 0 Å². The zero-order chi connectivity index (χ0) is 18.0. The standard InChI is InChI=1S/C19H14F2O3S/c1-13-6-9-15(10-7-13)25(22,23)24-19-11-8-14(12-18(19)21)16-4-2-3-5-17(16)20/h2-12H,1H3. The Hall–Kier alpha value is -2.73. The van der Waals surface area contributed by atoms with E-state index in [0.29, 0.717) is 0 Å². The van der Waals surface area contributed by atoms with Crippen molar-refractivity contribution in [2.75, 3.05) is 0 Å². The van der Waals surface area contributed by atoms with Crippen molar-refractivity contribution in [3.8, 4) is 16.9 Å². The number of rotatable bonds is 4.